The standard InChI is InChI=1S/C12H23F2N/c1-8(2)9-4-6-10(7-5-9)12(3,15)11(13)14/h8-11H,4-7,15H2,1-3H3. The number of rotatable bonds is 3. The molecule has 0 bridgehead atoms. The summed E-state index contributed by atoms with van der Waals surface area (Å²) < 4.78 is 25.5. The molecule has 2 N–H and O–H groups in total. The molecule has 1 saturated carbocycles. The highest BCUT2D eigenvalue weighted by Gasteiger charge is 2.40. The molecule has 0 aromatic carbocycles. The molecule has 0 spiro atoms. The molecule has 0 saturated heterocycles. The van der Waals surface area contributed by atoms with Gasteiger partial charge in [0.15, 0.2) is 0 Å². The third kappa shape index (κ3) is 2.90. The molecule has 0 amide bonds. The van der Waals surface area contributed by atoms with Crippen LogP contribution in [0.3, 0.4) is 0 Å². The number of nitrogens with two attached hydrogens (primary N) is 1. The third-order valence-corrected chi connectivity index (χ3v) is 4.06. The lowest BCUT2D eigenvalue weighted by Gasteiger charge is -2.39. The Morgan fingerprint density at radius 2 is 1.60 bits per heavy atom. The third-order valence-electron chi connectivity index (χ3n) is 4.06. The summed E-state index contributed by atoms with van der Waals surface area (Å²) in [6.07, 6.45) is 1.43. The van der Waals surface area contributed by atoms with E-state index in [1.807, 2.05) is 0 Å². The van der Waals surface area contributed by atoms with Gasteiger partial charge in [0.05, 0.1) is 5.54 Å². The van der Waals surface area contributed by atoms with Gasteiger partial charge < -0.3 is 5.73 Å². The van der Waals surface area contributed by atoms with Crippen LogP contribution in [0, 0.1) is 17.8 Å². The van der Waals surface area contributed by atoms with Crippen molar-refractivity contribution in [3.8, 4) is 0 Å². The lowest BCUT2D eigenvalue weighted by molar-refractivity contribution is 0.00974. The molecule has 0 radical (unpaired) electrons. The smallest absolute Gasteiger partial charge is 0.256 e. The highest BCUT2D eigenvalue weighted by molar-refractivity contribution is 4.92. The second kappa shape index (κ2) is 4.77. The molecule has 1 aliphatic rings. The van der Waals surface area contributed by atoms with Crippen LogP contribution in [0.4, 0.5) is 8.78 Å². The molecule has 1 rings (SSSR count). The lowest BCUT2D eigenvalue weighted by atomic mass is 9.70. The maximum absolute atomic E-state index is 12.7. The van der Waals surface area contributed by atoms with Crippen LogP contribution in [0.15, 0.2) is 0 Å². The van der Waals surface area contributed by atoms with E-state index in [2.05, 4.69) is 13.8 Å². The van der Waals surface area contributed by atoms with Crippen molar-refractivity contribution in [1.29, 1.82) is 0 Å². The average molecular weight is 219 g/mol. The molecule has 3 heteroatoms. The first-order valence-electron chi connectivity index (χ1n) is 5.92. The monoisotopic (exact) mass is 219 g/mol. The normalized spacial score (nSPS) is 32.0. The Hall–Kier alpha value is -0.180. The summed E-state index contributed by atoms with van der Waals surface area (Å²) in [5.74, 6) is 1.36. The van der Waals surface area contributed by atoms with Crippen molar-refractivity contribution in [1.82, 2.24) is 0 Å². The van der Waals surface area contributed by atoms with Crippen molar-refractivity contribution >= 4 is 0 Å². The molecule has 1 fully saturated rings. The molecule has 1 aliphatic carbocycles. The zero-order chi connectivity index (χ0) is 11.6. The fraction of sp³-hybridized carbons (Fsp3) is 1.00. The second-order valence-electron chi connectivity index (χ2n) is 5.52. The number of alkyl halides is 2. The number of hydrogen-bond acceptors (Lipinski definition) is 1. The summed E-state index contributed by atoms with van der Waals surface area (Å²) in [5.41, 5.74) is 4.42. The Bertz CT molecular complexity index is 194. The van der Waals surface area contributed by atoms with Crippen LogP contribution in [-0.2, 0) is 0 Å². The average Bonchev–Trinajstić information content (AvgIpc) is 2.17. The molecule has 1 nitrogen and oxygen atoms in total. The van der Waals surface area contributed by atoms with E-state index in [-0.39, 0.29) is 5.92 Å². The summed E-state index contributed by atoms with van der Waals surface area (Å²) >= 11 is 0. The van der Waals surface area contributed by atoms with E-state index in [1.54, 1.807) is 0 Å². The first kappa shape index (κ1) is 12.9. The second-order valence-corrected chi connectivity index (χ2v) is 5.52. The fourth-order valence-electron chi connectivity index (χ4n) is 2.59. The van der Waals surface area contributed by atoms with Crippen molar-refractivity contribution in [2.75, 3.05) is 0 Å². The van der Waals surface area contributed by atoms with Gasteiger partial charge in [0.1, 0.15) is 0 Å². The van der Waals surface area contributed by atoms with Gasteiger partial charge in [-0.1, -0.05) is 13.8 Å². The molecule has 0 heterocycles. The van der Waals surface area contributed by atoms with Crippen molar-refractivity contribution in [3.05, 3.63) is 0 Å². The van der Waals surface area contributed by atoms with E-state index in [0.29, 0.717) is 11.8 Å². The Kier molecular flexibility index (Phi) is 4.10. The van der Waals surface area contributed by atoms with Crippen LogP contribution >= 0.6 is 0 Å². The number of hydrogen-bond donors (Lipinski definition) is 1. The van der Waals surface area contributed by atoms with Gasteiger partial charge in [-0.25, -0.2) is 8.78 Å². The fourth-order valence-corrected chi connectivity index (χ4v) is 2.59. The van der Waals surface area contributed by atoms with Crippen LogP contribution in [-0.4, -0.2) is 12.0 Å². The van der Waals surface area contributed by atoms with E-state index in [9.17, 15) is 8.78 Å². The predicted octanol–water partition coefficient (Wildman–Crippen LogP) is 3.43. The summed E-state index contributed by atoms with van der Waals surface area (Å²) in [5, 5.41) is 0. The minimum atomic E-state index is -2.40. The Labute approximate surface area is 91.4 Å². The van der Waals surface area contributed by atoms with Crippen LogP contribution in [0.5, 0.6) is 0 Å². The molecular formula is C12H23F2N. The van der Waals surface area contributed by atoms with E-state index < -0.39 is 12.0 Å². The van der Waals surface area contributed by atoms with Gasteiger partial charge in [-0.3, -0.25) is 0 Å². The lowest BCUT2D eigenvalue weighted by Crippen LogP contribution is -2.51. The van der Waals surface area contributed by atoms with E-state index in [4.69, 9.17) is 5.73 Å². The van der Waals surface area contributed by atoms with Gasteiger partial charge in [0.25, 0.3) is 6.43 Å². The summed E-state index contributed by atoms with van der Waals surface area (Å²) in [7, 11) is 0. The van der Waals surface area contributed by atoms with Crippen molar-refractivity contribution < 1.29 is 8.78 Å². The van der Waals surface area contributed by atoms with Gasteiger partial charge in [-0.15, -0.1) is 0 Å². The topological polar surface area (TPSA) is 26.0 Å². The van der Waals surface area contributed by atoms with E-state index in [1.165, 1.54) is 6.92 Å². The highest BCUT2D eigenvalue weighted by Crippen LogP contribution is 2.39. The molecule has 0 aromatic heterocycles. The molecular weight excluding hydrogens is 196 g/mol. The molecule has 15 heavy (non-hydrogen) atoms. The van der Waals surface area contributed by atoms with Gasteiger partial charge in [0, 0.05) is 0 Å². The minimum Gasteiger partial charge on any atom is -0.320 e. The van der Waals surface area contributed by atoms with E-state index in [0.717, 1.165) is 25.7 Å². The quantitative estimate of drug-likeness (QED) is 0.773. The van der Waals surface area contributed by atoms with Gasteiger partial charge in [-0.05, 0) is 50.4 Å². The van der Waals surface area contributed by atoms with Crippen molar-refractivity contribution in [3.63, 3.8) is 0 Å². The predicted molar refractivity (Wildman–Crippen MR) is 58.9 cm³/mol. The molecule has 1 atom stereocenters. The van der Waals surface area contributed by atoms with Crippen LogP contribution < -0.4 is 5.73 Å². The molecule has 0 aliphatic heterocycles. The summed E-state index contributed by atoms with van der Waals surface area (Å²) in [6, 6.07) is 0. The van der Waals surface area contributed by atoms with Crippen molar-refractivity contribution in [2.24, 2.45) is 23.5 Å². The Morgan fingerprint density at radius 3 is 1.93 bits per heavy atom. The molecule has 1 unspecified atom stereocenters. The largest absolute Gasteiger partial charge is 0.320 e. The maximum Gasteiger partial charge on any atom is 0.256 e. The van der Waals surface area contributed by atoms with E-state index >= 15 is 0 Å². The summed E-state index contributed by atoms with van der Waals surface area (Å²) in [4.78, 5) is 0. The van der Waals surface area contributed by atoms with Crippen LogP contribution in [0.1, 0.15) is 46.5 Å². The highest BCUT2D eigenvalue weighted by atomic mass is 19.3. The molecule has 0 aromatic rings. The first-order valence-corrected chi connectivity index (χ1v) is 5.92. The number of halogens is 2. The van der Waals surface area contributed by atoms with Crippen LogP contribution in [0.2, 0.25) is 0 Å². The SMILES string of the molecule is CC(C)C1CCC(C(C)(N)C(F)F)CC1. The van der Waals surface area contributed by atoms with Gasteiger partial charge in [0.2, 0.25) is 0 Å². The maximum atomic E-state index is 12.7. The minimum absolute atomic E-state index is 0.00694. The van der Waals surface area contributed by atoms with Crippen molar-refractivity contribution in [2.45, 2.75) is 58.4 Å². The molecule has 90 valence electrons. The Balaban J connectivity index is 2.50. The van der Waals surface area contributed by atoms with Gasteiger partial charge in [-0.2, -0.15) is 0 Å². The zero-order valence-corrected chi connectivity index (χ0v) is 9.97. The zero-order valence-electron chi connectivity index (χ0n) is 9.97. The summed E-state index contributed by atoms with van der Waals surface area (Å²) in [6.45, 7) is 5.91. The van der Waals surface area contributed by atoms with Crippen LogP contribution in [0.25, 0.3) is 0 Å². The van der Waals surface area contributed by atoms with Gasteiger partial charge >= 0.3 is 0 Å². The first-order chi connectivity index (χ1) is 6.85. The Morgan fingerprint density at radius 1 is 1.13 bits per heavy atom.